The van der Waals surface area contributed by atoms with Gasteiger partial charge < -0.3 is 10.2 Å². The van der Waals surface area contributed by atoms with Crippen LogP contribution in [0.4, 0.5) is 0 Å². The predicted octanol–water partition coefficient (Wildman–Crippen LogP) is 0.936. The van der Waals surface area contributed by atoms with E-state index < -0.39 is 0 Å². The molecule has 0 radical (unpaired) electrons. The molecule has 0 aliphatic rings. The lowest BCUT2D eigenvalue weighted by Crippen LogP contribution is -2.37. The van der Waals surface area contributed by atoms with Gasteiger partial charge in [0.05, 0.1) is 0 Å². The van der Waals surface area contributed by atoms with Crippen LogP contribution in [0.15, 0.2) is 0 Å². The maximum Gasteiger partial charge on any atom is 0.0192 e. The van der Waals surface area contributed by atoms with Gasteiger partial charge in [-0.1, -0.05) is 13.8 Å². The van der Waals surface area contributed by atoms with Crippen molar-refractivity contribution in [3.05, 3.63) is 0 Å². The molecule has 62 valence electrons. The summed E-state index contributed by atoms with van der Waals surface area (Å²) in [6.45, 7) is 6.59. The standard InChI is InChI=1S/C8H20N2/c1-5-8(9-6-2)7-10(3)4/h8-9H,5-7H2,1-4H3/t8-/m0/s1. The van der Waals surface area contributed by atoms with Crippen molar-refractivity contribution in [2.45, 2.75) is 26.3 Å². The molecule has 0 unspecified atom stereocenters. The summed E-state index contributed by atoms with van der Waals surface area (Å²) in [5.41, 5.74) is 0. The lowest BCUT2D eigenvalue weighted by Gasteiger charge is -2.19. The maximum absolute atomic E-state index is 3.42. The lowest BCUT2D eigenvalue weighted by atomic mass is 10.2. The highest BCUT2D eigenvalue weighted by atomic mass is 15.1. The van der Waals surface area contributed by atoms with Crippen molar-refractivity contribution < 1.29 is 0 Å². The van der Waals surface area contributed by atoms with Gasteiger partial charge in [-0.25, -0.2) is 0 Å². The van der Waals surface area contributed by atoms with Gasteiger partial charge in [-0.2, -0.15) is 0 Å². The fourth-order valence-electron chi connectivity index (χ4n) is 1.07. The van der Waals surface area contributed by atoms with Crippen LogP contribution in [0.25, 0.3) is 0 Å². The third-order valence-electron chi connectivity index (χ3n) is 1.57. The second kappa shape index (κ2) is 5.69. The van der Waals surface area contributed by atoms with Crippen LogP contribution in [0.2, 0.25) is 0 Å². The molecule has 1 N–H and O–H groups in total. The van der Waals surface area contributed by atoms with E-state index in [0.717, 1.165) is 13.1 Å². The van der Waals surface area contributed by atoms with Gasteiger partial charge in [-0.05, 0) is 27.1 Å². The molecule has 0 aliphatic carbocycles. The molecular weight excluding hydrogens is 124 g/mol. The van der Waals surface area contributed by atoms with Gasteiger partial charge >= 0.3 is 0 Å². The quantitative estimate of drug-likeness (QED) is 0.617. The molecule has 0 aromatic carbocycles. The van der Waals surface area contributed by atoms with E-state index in [2.05, 4.69) is 38.2 Å². The Morgan fingerprint density at radius 2 is 1.90 bits per heavy atom. The Morgan fingerprint density at radius 1 is 1.30 bits per heavy atom. The van der Waals surface area contributed by atoms with E-state index in [1.807, 2.05) is 0 Å². The van der Waals surface area contributed by atoms with Gasteiger partial charge in [0, 0.05) is 12.6 Å². The SMILES string of the molecule is CCN[C@@H](CC)CN(C)C. The highest BCUT2D eigenvalue weighted by Crippen LogP contribution is 1.91. The van der Waals surface area contributed by atoms with E-state index in [1.165, 1.54) is 6.42 Å². The molecule has 0 saturated heterocycles. The first kappa shape index (κ1) is 9.92. The average Bonchev–Trinajstić information content (AvgIpc) is 1.86. The Morgan fingerprint density at radius 3 is 2.20 bits per heavy atom. The van der Waals surface area contributed by atoms with Crippen LogP contribution < -0.4 is 5.32 Å². The largest absolute Gasteiger partial charge is 0.313 e. The van der Waals surface area contributed by atoms with Gasteiger partial charge in [0.2, 0.25) is 0 Å². The second-order valence-corrected chi connectivity index (χ2v) is 2.93. The Balaban J connectivity index is 3.39. The molecule has 0 amide bonds. The van der Waals surface area contributed by atoms with Crippen molar-refractivity contribution in [3.63, 3.8) is 0 Å². The van der Waals surface area contributed by atoms with Gasteiger partial charge in [0.1, 0.15) is 0 Å². The molecule has 0 aromatic rings. The number of hydrogen-bond donors (Lipinski definition) is 1. The maximum atomic E-state index is 3.42. The molecule has 10 heavy (non-hydrogen) atoms. The summed E-state index contributed by atoms with van der Waals surface area (Å²) in [7, 11) is 4.22. The topological polar surface area (TPSA) is 15.3 Å². The Bertz CT molecular complexity index is 71.7. The zero-order chi connectivity index (χ0) is 7.98. The number of nitrogens with one attached hydrogen (secondary N) is 1. The predicted molar refractivity (Wildman–Crippen MR) is 46.3 cm³/mol. The van der Waals surface area contributed by atoms with E-state index >= 15 is 0 Å². The first-order chi connectivity index (χ1) is 4.70. The lowest BCUT2D eigenvalue weighted by molar-refractivity contribution is 0.335. The molecule has 0 rings (SSSR count). The van der Waals surface area contributed by atoms with Crippen LogP contribution in [-0.2, 0) is 0 Å². The Kier molecular flexibility index (Phi) is 5.64. The first-order valence-corrected chi connectivity index (χ1v) is 4.08. The number of rotatable bonds is 5. The molecule has 0 saturated carbocycles. The molecule has 1 atom stereocenters. The van der Waals surface area contributed by atoms with Crippen LogP contribution in [0.5, 0.6) is 0 Å². The number of hydrogen-bond acceptors (Lipinski definition) is 2. The van der Waals surface area contributed by atoms with E-state index in [9.17, 15) is 0 Å². The molecule has 0 heterocycles. The minimum Gasteiger partial charge on any atom is -0.313 e. The van der Waals surface area contributed by atoms with Gasteiger partial charge in [-0.15, -0.1) is 0 Å². The highest BCUT2D eigenvalue weighted by Gasteiger charge is 2.03. The third-order valence-corrected chi connectivity index (χ3v) is 1.57. The molecule has 0 fully saturated rings. The summed E-state index contributed by atoms with van der Waals surface area (Å²) in [6.07, 6.45) is 1.21. The molecular formula is C8H20N2. The summed E-state index contributed by atoms with van der Waals surface area (Å²) in [5, 5.41) is 3.42. The third kappa shape index (κ3) is 4.77. The van der Waals surface area contributed by atoms with Crippen molar-refractivity contribution in [2.75, 3.05) is 27.2 Å². The normalized spacial score (nSPS) is 14.1. The van der Waals surface area contributed by atoms with Crippen LogP contribution in [0, 0.1) is 0 Å². The average molecular weight is 144 g/mol. The van der Waals surface area contributed by atoms with Gasteiger partial charge in [-0.3, -0.25) is 0 Å². The first-order valence-electron chi connectivity index (χ1n) is 4.08. The monoisotopic (exact) mass is 144 g/mol. The smallest absolute Gasteiger partial charge is 0.0192 e. The van der Waals surface area contributed by atoms with Crippen molar-refractivity contribution in [1.82, 2.24) is 10.2 Å². The van der Waals surface area contributed by atoms with E-state index in [-0.39, 0.29) is 0 Å². The zero-order valence-corrected chi connectivity index (χ0v) is 7.65. The van der Waals surface area contributed by atoms with E-state index in [4.69, 9.17) is 0 Å². The van der Waals surface area contributed by atoms with Crippen molar-refractivity contribution >= 4 is 0 Å². The second-order valence-electron chi connectivity index (χ2n) is 2.93. The summed E-state index contributed by atoms with van der Waals surface area (Å²) in [6, 6.07) is 0.667. The van der Waals surface area contributed by atoms with Crippen molar-refractivity contribution in [3.8, 4) is 0 Å². The highest BCUT2D eigenvalue weighted by molar-refractivity contribution is 4.65. The molecule has 0 aromatic heterocycles. The molecule has 0 aliphatic heterocycles. The van der Waals surface area contributed by atoms with Crippen LogP contribution >= 0.6 is 0 Å². The molecule has 2 heteroatoms. The molecule has 0 bridgehead atoms. The number of nitrogens with zero attached hydrogens (tertiary/aromatic N) is 1. The summed E-state index contributed by atoms with van der Waals surface area (Å²) in [5.74, 6) is 0. The van der Waals surface area contributed by atoms with Crippen molar-refractivity contribution in [1.29, 1.82) is 0 Å². The minimum atomic E-state index is 0.667. The summed E-state index contributed by atoms with van der Waals surface area (Å²) in [4.78, 5) is 2.22. The van der Waals surface area contributed by atoms with Crippen LogP contribution in [-0.4, -0.2) is 38.1 Å². The summed E-state index contributed by atoms with van der Waals surface area (Å²) >= 11 is 0. The van der Waals surface area contributed by atoms with E-state index in [0.29, 0.717) is 6.04 Å². The van der Waals surface area contributed by atoms with Crippen molar-refractivity contribution in [2.24, 2.45) is 0 Å². The number of likely N-dealkylation sites (N-methyl/N-ethyl adjacent to an activating group) is 2. The molecule has 2 nitrogen and oxygen atoms in total. The Labute approximate surface area is 64.6 Å². The Hall–Kier alpha value is -0.0800. The van der Waals surface area contributed by atoms with Crippen LogP contribution in [0.3, 0.4) is 0 Å². The van der Waals surface area contributed by atoms with Gasteiger partial charge in [0.25, 0.3) is 0 Å². The minimum absolute atomic E-state index is 0.667. The zero-order valence-electron chi connectivity index (χ0n) is 7.65. The van der Waals surface area contributed by atoms with Crippen LogP contribution in [0.1, 0.15) is 20.3 Å². The van der Waals surface area contributed by atoms with E-state index in [1.54, 1.807) is 0 Å². The van der Waals surface area contributed by atoms with Gasteiger partial charge in [0.15, 0.2) is 0 Å². The fraction of sp³-hybridized carbons (Fsp3) is 1.00. The fourth-order valence-corrected chi connectivity index (χ4v) is 1.07. The molecule has 0 spiro atoms. The summed E-state index contributed by atoms with van der Waals surface area (Å²) < 4.78 is 0.